The maximum absolute atomic E-state index is 12.4. The van der Waals surface area contributed by atoms with Gasteiger partial charge in [-0.1, -0.05) is 54.5 Å². The summed E-state index contributed by atoms with van der Waals surface area (Å²) in [6.45, 7) is 10.1. The summed E-state index contributed by atoms with van der Waals surface area (Å²) >= 11 is 0. The molecule has 1 saturated heterocycles. The third-order valence-corrected chi connectivity index (χ3v) is 6.13. The first kappa shape index (κ1) is 26.8. The second-order valence-electron chi connectivity index (χ2n) is 9.27. The first-order chi connectivity index (χ1) is 16.7. The Kier molecular flexibility index (Phi) is 9.40. The zero-order valence-corrected chi connectivity index (χ0v) is 20.9. The van der Waals surface area contributed by atoms with E-state index in [0.717, 1.165) is 0 Å². The first-order valence-electron chi connectivity index (χ1n) is 11.9. The number of benzene rings is 2. The topological polar surface area (TPSA) is 83.1 Å². The number of carbonyl (C=O) groups is 2. The maximum Gasteiger partial charge on any atom is 0.486 e. The van der Waals surface area contributed by atoms with Crippen molar-refractivity contribution in [2.75, 3.05) is 33.0 Å². The lowest BCUT2D eigenvalue weighted by atomic mass is 9.90. The summed E-state index contributed by atoms with van der Waals surface area (Å²) in [6, 6.07) is 15.7. The van der Waals surface area contributed by atoms with E-state index in [9.17, 15) is 9.59 Å². The summed E-state index contributed by atoms with van der Waals surface area (Å²) < 4.78 is 22.8. The Hall–Kier alpha value is -2.78. The molecule has 186 valence electrons. The largest absolute Gasteiger partial charge is 0.486 e. The molecule has 1 fully saturated rings. The third kappa shape index (κ3) is 7.60. The van der Waals surface area contributed by atoms with E-state index in [1.54, 1.807) is 36.4 Å². The second kappa shape index (κ2) is 12.3. The van der Waals surface area contributed by atoms with E-state index in [1.165, 1.54) is 0 Å². The van der Waals surface area contributed by atoms with Gasteiger partial charge >= 0.3 is 7.12 Å². The van der Waals surface area contributed by atoms with Crippen LogP contribution in [0.3, 0.4) is 0 Å². The van der Waals surface area contributed by atoms with Gasteiger partial charge in [0.25, 0.3) is 5.91 Å². The molecule has 0 spiro atoms. The molecule has 0 saturated carbocycles. The molecule has 1 heterocycles. The van der Waals surface area contributed by atoms with E-state index in [1.807, 2.05) is 57.9 Å². The number of ketones is 1. The lowest BCUT2D eigenvalue weighted by molar-refractivity contribution is 0.00578. The molecule has 1 aliphatic heterocycles. The first-order valence-corrected chi connectivity index (χ1v) is 11.9. The van der Waals surface area contributed by atoms with Gasteiger partial charge < -0.3 is 24.1 Å². The van der Waals surface area contributed by atoms with Crippen LogP contribution in [-0.2, 0) is 18.8 Å². The van der Waals surface area contributed by atoms with Gasteiger partial charge in [-0.15, -0.1) is 0 Å². The molecule has 2 aromatic rings. The van der Waals surface area contributed by atoms with Gasteiger partial charge in [-0.3, -0.25) is 9.59 Å². The minimum Gasteiger partial charge on any atom is -0.400 e. The molecule has 0 bridgehead atoms. The number of hydrogen-bond donors (Lipinski definition) is 1. The van der Waals surface area contributed by atoms with E-state index >= 15 is 0 Å². The molecule has 7 nitrogen and oxygen atoms in total. The number of rotatable bonds is 12. The van der Waals surface area contributed by atoms with Gasteiger partial charge in [0.05, 0.1) is 37.6 Å². The maximum atomic E-state index is 12.4. The zero-order chi connectivity index (χ0) is 25.3. The molecule has 8 heteroatoms. The molecule has 2 aromatic carbocycles. The van der Waals surface area contributed by atoms with Crippen LogP contribution in [0.25, 0.3) is 0 Å². The summed E-state index contributed by atoms with van der Waals surface area (Å²) in [7, 11) is -0.371. The predicted octanol–water partition coefficient (Wildman–Crippen LogP) is 3.87. The Balaban J connectivity index is 1.25. The van der Waals surface area contributed by atoms with Crippen molar-refractivity contribution in [3.8, 4) is 0 Å². The van der Waals surface area contributed by atoms with Gasteiger partial charge in [0, 0.05) is 23.2 Å². The molecule has 1 aliphatic rings. The molecule has 0 aromatic heterocycles. The highest BCUT2D eigenvalue weighted by atomic mass is 16.7. The monoisotopic (exact) mass is 479 g/mol. The minimum atomic E-state index is -0.371. The summed E-state index contributed by atoms with van der Waals surface area (Å²) in [6.07, 6.45) is 1.88. The Morgan fingerprint density at radius 3 is 2.06 bits per heavy atom. The lowest BCUT2D eigenvalue weighted by Crippen LogP contribution is -2.41. The highest BCUT2D eigenvalue weighted by molar-refractivity contribution is 6.51. The Morgan fingerprint density at radius 1 is 0.829 bits per heavy atom. The molecule has 3 rings (SSSR count). The quantitative estimate of drug-likeness (QED) is 0.283. The molecular formula is C27H34BNO6. The predicted molar refractivity (Wildman–Crippen MR) is 136 cm³/mol. The zero-order valence-electron chi connectivity index (χ0n) is 20.9. The SMILES string of the molecule is CC1(C)OB(/C=C/COCCOCCNC(=O)c2ccc(C(=O)c3ccccc3)cc2)OC1(C)C. The van der Waals surface area contributed by atoms with Crippen LogP contribution < -0.4 is 5.32 Å². The van der Waals surface area contributed by atoms with E-state index in [4.69, 9.17) is 18.8 Å². The van der Waals surface area contributed by atoms with Gasteiger partial charge in [0.2, 0.25) is 0 Å². The molecule has 0 radical (unpaired) electrons. The van der Waals surface area contributed by atoms with Crippen LogP contribution in [-0.4, -0.2) is 63.0 Å². The number of amides is 1. The van der Waals surface area contributed by atoms with Crippen molar-refractivity contribution in [1.82, 2.24) is 5.32 Å². The number of ether oxygens (including phenoxy) is 2. The summed E-state index contributed by atoms with van der Waals surface area (Å²) in [5.41, 5.74) is 0.953. The minimum absolute atomic E-state index is 0.0724. The van der Waals surface area contributed by atoms with Crippen molar-refractivity contribution in [3.05, 3.63) is 83.3 Å². The van der Waals surface area contributed by atoms with Gasteiger partial charge in [-0.25, -0.2) is 0 Å². The summed E-state index contributed by atoms with van der Waals surface area (Å²) in [5, 5.41) is 2.81. The van der Waals surface area contributed by atoms with E-state index < -0.39 is 0 Å². The van der Waals surface area contributed by atoms with Crippen molar-refractivity contribution in [3.63, 3.8) is 0 Å². The molecular weight excluding hydrogens is 445 g/mol. The van der Waals surface area contributed by atoms with Crippen LogP contribution in [0.1, 0.15) is 54.0 Å². The highest BCUT2D eigenvalue weighted by Gasteiger charge is 2.49. The standard InChI is InChI=1S/C27H34BNO6/c1-26(2)27(3,4)35-28(34-26)15-8-17-32-19-20-33-18-16-29-25(31)23-13-11-22(12-14-23)24(30)21-9-6-5-7-10-21/h5-15H,16-20H2,1-4H3,(H,29,31)/b15-8+. The van der Waals surface area contributed by atoms with Crippen molar-refractivity contribution < 1.29 is 28.4 Å². The van der Waals surface area contributed by atoms with Crippen LogP contribution >= 0.6 is 0 Å². The average Bonchev–Trinajstić information content (AvgIpc) is 3.06. The van der Waals surface area contributed by atoms with Crippen LogP contribution in [0.5, 0.6) is 0 Å². The van der Waals surface area contributed by atoms with Gasteiger partial charge in [0.1, 0.15) is 0 Å². The molecule has 0 unspecified atom stereocenters. The van der Waals surface area contributed by atoms with E-state index in [2.05, 4.69) is 5.32 Å². The van der Waals surface area contributed by atoms with Crippen LogP contribution in [0.15, 0.2) is 66.6 Å². The van der Waals surface area contributed by atoms with Gasteiger partial charge in [-0.2, -0.15) is 0 Å². The Bertz CT molecular complexity index is 988. The fraction of sp³-hybridized carbons (Fsp3) is 0.407. The van der Waals surface area contributed by atoms with Crippen LogP contribution in [0.4, 0.5) is 0 Å². The average molecular weight is 479 g/mol. The highest BCUT2D eigenvalue weighted by Crippen LogP contribution is 2.36. The van der Waals surface area contributed by atoms with E-state index in [0.29, 0.717) is 49.7 Å². The second-order valence-corrected chi connectivity index (χ2v) is 9.27. The molecule has 35 heavy (non-hydrogen) atoms. The number of nitrogens with one attached hydrogen (secondary N) is 1. The molecule has 0 aliphatic carbocycles. The fourth-order valence-electron chi connectivity index (χ4n) is 3.37. The summed E-state index contributed by atoms with van der Waals surface area (Å²) in [5.74, 6) is 1.57. The molecule has 1 amide bonds. The molecule has 1 N–H and O–H groups in total. The lowest BCUT2D eigenvalue weighted by Gasteiger charge is -2.32. The third-order valence-electron chi connectivity index (χ3n) is 6.13. The Labute approximate surface area is 207 Å². The van der Waals surface area contributed by atoms with Crippen molar-refractivity contribution in [2.45, 2.75) is 38.9 Å². The number of carbonyl (C=O) groups excluding carboxylic acids is 2. The van der Waals surface area contributed by atoms with Crippen LogP contribution in [0, 0.1) is 0 Å². The molecule has 0 atom stereocenters. The number of hydrogen-bond acceptors (Lipinski definition) is 6. The van der Waals surface area contributed by atoms with Crippen molar-refractivity contribution in [1.29, 1.82) is 0 Å². The van der Waals surface area contributed by atoms with Crippen LogP contribution in [0.2, 0.25) is 0 Å². The van der Waals surface area contributed by atoms with Crippen molar-refractivity contribution in [2.24, 2.45) is 0 Å². The van der Waals surface area contributed by atoms with Crippen molar-refractivity contribution >= 4 is 18.8 Å². The Morgan fingerprint density at radius 2 is 1.40 bits per heavy atom. The van der Waals surface area contributed by atoms with E-state index in [-0.39, 0.29) is 30.0 Å². The summed E-state index contributed by atoms with van der Waals surface area (Å²) in [4.78, 5) is 24.7. The van der Waals surface area contributed by atoms with Gasteiger partial charge in [0.15, 0.2) is 5.78 Å². The van der Waals surface area contributed by atoms with Gasteiger partial charge in [-0.05, 0) is 39.8 Å². The normalized spacial score (nSPS) is 16.5. The smallest absolute Gasteiger partial charge is 0.400 e. The fourth-order valence-corrected chi connectivity index (χ4v) is 3.37.